The number of amides is 1. The molecule has 2 unspecified atom stereocenters. The third-order valence-electron chi connectivity index (χ3n) is 3.58. The summed E-state index contributed by atoms with van der Waals surface area (Å²) in [6, 6.07) is 5.39. The van der Waals surface area contributed by atoms with Crippen molar-refractivity contribution >= 4 is 33.4 Å². The number of carbonyl (C=O) groups excluding carboxylic acids is 1. The van der Waals surface area contributed by atoms with Crippen molar-refractivity contribution < 1.29 is 4.79 Å². The van der Waals surface area contributed by atoms with Gasteiger partial charge in [-0.1, -0.05) is 11.6 Å². The maximum absolute atomic E-state index is 12.7. The number of hydrogen-bond donors (Lipinski definition) is 1. The standard InChI is InChI=1S/C14H18BrClN2O/c1-9(17)13-4-2-3-7-18(13)14(19)11-8-10(16)5-6-12(11)15/h5-6,8-9,13H,2-4,7,17H2,1H3. The maximum Gasteiger partial charge on any atom is 0.255 e. The average molecular weight is 346 g/mol. The van der Waals surface area contributed by atoms with Crippen molar-refractivity contribution in [2.24, 2.45) is 5.73 Å². The largest absolute Gasteiger partial charge is 0.334 e. The Hall–Kier alpha value is -0.580. The summed E-state index contributed by atoms with van der Waals surface area (Å²) in [5, 5.41) is 0.570. The monoisotopic (exact) mass is 344 g/mol. The fraction of sp³-hybridized carbons (Fsp3) is 0.500. The van der Waals surface area contributed by atoms with Crippen LogP contribution in [0.3, 0.4) is 0 Å². The van der Waals surface area contributed by atoms with Gasteiger partial charge in [-0.15, -0.1) is 0 Å². The summed E-state index contributed by atoms with van der Waals surface area (Å²) in [7, 11) is 0. The fourth-order valence-corrected chi connectivity index (χ4v) is 3.16. The Balaban J connectivity index is 2.28. The van der Waals surface area contributed by atoms with Crippen LogP contribution in [0, 0.1) is 0 Å². The molecule has 0 saturated carbocycles. The van der Waals surface area contributed by atoms with Crippen LogP contribution in [0.15, 0.2) is 22.7 Å². The molecule has 1 aromatic carbocycles. The highest BCUT2D eigenvalue weighted by atomic mass is 79.9. The Labute approximate surface area is 127 Å². The van der Waals surface area contributed by atoms with E-state index in [1.54, 1.807) is 18.2 Å². The second-order valence-corrected chi connectivity index (χ2v) is 6.34. The van der Waals surface area contributed by atoms with Gasteiger partial charge in [-0.25, -0.2) is 0 Å². The lowest BCUT2D eigenvalue weighted by molar-refractivity contribution is 0.0583. The van der Waals surface area contributed by atoms with Gasteiger partial charge in [-0.05, 0) is 60.3 Å². The minimum Gasteiger partial charge on any atom is -0.334 e. The van der Waals surface area contributed by atoms with Gasteiger partial charge in [-0.3, -0.25) is 4.79 Å². The van der Waals surface area contributed by atoms with Gasteiger partial charge in [-0.2, -0.15) is 0 Å². The molecule has 5 heteroatoms. The zero-order chi connectivity index (χ0) is 14.0. The number of benzene rings is 1. The van der Waals surface area contributed by atoms with E-state index < -0.39 is 0 Å². The van der Waals surface area contributed by atoms with E-state index in [9.17, 15) is 4.79 Å². The Kier molecular flexibility index (Phi) is 4.87. The predicted octanol–water partition coefficient (Wildman–Crippen LogP) is 3.44. The molecule has 1 aromatic rings. The molecule has 3 nitrogen and oxygen atoms in total. The Bertz CT molecular complexity index is 479. The first kappa shape index (κ1) is 14.8. The van der Waals surface area contributed by atoms with E-state index in [0.717, 1.165) is 30.3 Å². The Morgan fingerprint density at radius 2 is 2.26 bits per heavy atom. The number of halogens is 2. The third-order valence-corrected chi connectivity index (χ3v) is 4.50. The minimum atomic E-state index is -0.0118. The van der Waals surface area contributed by atoms with E-state index in [2.05, 4.69) is 15.9 Å². The summed E-state index contributed by atoms with van der Waals surface area (Å²) < 4.78 is 0.774. The van der Waals surface area contributed by atoms with Crippen LogP contribution in [-0.2, 0) is 0 Å². The van der Waals surface area contributed by atoms with E-state index in [1.807, 2.05) is 11.8 Å². The molecular weight excluding hydrogens is 328 g/mol. The highest BCUT2D eigenvalue weighted by Crippen LogP contribution is 2.26. The van der Waals surface area contributed by atoms with Gasteiger partial charge in [0, 0.05) is 28.1 Å². The Morgan fingerprint density at radius 1 is 1.53 bits per heavy atom. The van der Waals surface area contributed by atoms with Crippen molar-refractivity contribution in [2.45, 2.75) is 38.3 Å². The number of rotatable bonds is 2. The summed E-state index contributed by atoms with van der Waals surface area (Å²) in [5.41, 5.74) is 6.62. The van der Waals surface area contributed by atoms with E-state index >= 15 is 0 Å². The maximum atomic E-state index is 12.7. The summed E-state index contributed by atoms with van der Waals surface area (Å²) in [4.78, 5) is 14.6. The number of likely N-dealkylation sites (tertiary alicyclic amines) is 1. The number of piperidine rings is 1. The number of hydrogen-bond acceptors (Lipinski definition) is 2. The summed E-state index contributed by atoms with van der Waals surface area (Å²) in [5.74, 6) is 0.0105. The Morgan fingerprint density at radius 3 is 2.95 bits per heavy atom. The first-order valence-electron chi connectivity index (χ1n) is 6.52. The lowest BCUT2D eigenvalue weighted by Crippen LogP contribution is -2.51. The molecule has 1 aliphatic heterocycles. The number of nitrogens with zero attached hydrogens (tertiary/aromatic N) is 1. The molecule has 2 atom stereocenters. The average Bonchev–Trinajstić information content (AvgIpc) is 2.40. The highest BCUT2D eigenvalue weighted by molar-refractivity contribution is 9.10. The predicted molar refractivity (Wildman–Crippen MR) is 81.5 cm³/mol. The molecule has 19 heavy (non-hydrogen) atoms. The highest BCUT2D eigenvalue weighted by Gasteiger charge is 2.30. The van der Waals surface area contributed by atoms with Crippen molar-refractivity contribution in [1.29, 1.82) is 0 Å². The molecule has 0 radical (unpaired) electrons. The van der Waals surface area contributed by atoms with Crippen LogP contribution in [0.25, 0.3) is 0 Å². The van der Waals surface area contributed by atoms with Crippen LogP contribution in [0.4, 0.5) is 0 Å². The summed E-state index contributed by atoms with van der Waals surface area (Å²) in [6.45, 7) is 2.73. The van der Waals surface area contributed by atoms with Crippen LogP contribution in [0.2, 0.25) is 5.02 Å². The number of nitrogens with two attached hydrogens (primary N) is 1. The second-order valence-electron chi connectivity index (χ2n) is 5.04. The molecule has 1 saturated heterocycles. The van der Waals surface area contributed by atoms with Crippen LogP contribution < -0.4 is 5.73 Å². The third kappa shape index (κ3) is 3.30. The van der Waals surface area contributed by atoms with Crippen molar-refractivity contribution in [3.63, 3.8) is 0 Å². The molecule has 0 aliphatic carbocycles. The van der Waals surface area contributed by atoms with Gasteiger partial charge in [0.1, 0.15) is 0 Å². The summed E-state index contributed by atoms with van der Waals surface area (Å²) in [6.07, 6.45) is 3.14. The molecule has 1 aliphatic rings. The van der Waals surface area contributed by atoms with E-state index in [-0.39, 0.29) is 18.0 Å². The van der Waals surface area contributed by atoms with Crippen molar-refractivity contribution in [3.05, 3.63) is 33.3 Å². The van der Waals surface area contributed by atoms with Crippen LogP contribution in [0.5, 0.6) is 0 Å². The molecule has 104 valence electrons. The van der Waals surface area contributed by atoms with Crippen molar-refractivity contribution in [2.75, 3.05) is 6.54 Å². The van der Waals surface area contributed by atoms with Crippen LogP contribution >= 0.6 is 27.5 Å². The van der Waals surface area contributed by atoms with Crippen molar-refractivity contribution in [1.82, 2.24) is 4.90 Å². The molecule has 1 heterocycles. The lowest BCUT2D eigenvalue weighted by Gasteiger charge is -2.38. The minimum absolute atomic E-state index is 0.0105. The molecule has 1 amide bonds. The first-order chi connectivity index (χ1) is 9.00. The zero-order valence-electron chi connectivity index (χ0n) is 10.9. The lowest BCUT2D eigenvalue weighted by atomic mass is 9.96. The van der Waals surface area contributed by atoms with E-state index in [1.165, 1.54) is 0 Å². The smallest absolute Gasteiger partial charge is 0.255 e. The number of carbonyl (C=O) groups is 1. The van der Waals surface area contributed by atoms with E-state index in [4.69, 9.17) is 17.3 Å². The van der Waals surface area contributed by atoms with Gasteiger partial charge in [0.05, 0.1) is 5.56 Å². The molecule has 0 bridgehead atoms. The first-order valence-corrected chi connectivity index (χ1v) is 7.69. The molecule has 2 N–H and O–H groups in total. The van der Waals surface area contributed by atoms with Crippen LogP contribution in [-0.4, -0.2) is 29.4 Å². The fourth-order valence-electron chi connectivity index (χ4n) is 2.57. The van der Waals surface area contributed by atoms with Gasteiger partial charge >= 0.3 is 0 Å². The molecular formula is C14H18BrClN2O. The zero-order valence-corrected chi connectivity index (χ0v) is 13.2. The molecule has 1 fully saturated rings. The van der Waals surface area contributed by atoms with Gasteiger partial charge < -0.3 is 10.6 Å². The van der Waals surface area contributed by atoms with Crippen molar-refractivity contribution in [3.8, 4) is 0 Å². The summed E-state index contributed by atoms with van der Waals surface area (Å²) >= 11 is 9.40. The molecule has 0 aromatic heterocycles. The van der Waals surface area contributed by atoms with Gasteiger partial charge in [0.15, 0.2) is 0 Å². The van der Waals surface area contributed by atoms with Gasteiger partial charge in [0.25, 0.3) is 5.91 Å². The van der Waals surface area contributed by atoms with Gasteiger partial charge in [0.2, 0.25) is 0 Å². The normalized spacial score (nSPS) is 21.3. The van der Waals surface area contributed by atoms with E-state index in [0.29, 0.717) is 10.6 Å². The topological polar surface area (TPSA) is 46.3 Å². The SMILES string of the molecule is CC(N)C1CCCCN1C(=O)c1cc(Cl)ccc1Br. The molecule has 2 rings (SSSR count). The second kappa shape index (κ2) is 6.25. The quantitative estimate of drug-likeness (QED) is 0.892. The molecule has 0 spiro atoms. The van der Waals surface area contributed by atoms with Crippen LogP contribution in [0.1, 0.15) is 36.5 Å².